The van der Waals surface area contributed by atoms with Gasteiger partial charge in [0.25, 0.3) is 0 Å². The molecule has 1 rings (SSSR count). The summed E-state index contributed by atoms with van der Waals surface area (Å²) in [7, 11) is 0. The first-order valence-corrected chi connectivity index (χ1v) is 8.23. The molecule has 86 valence electrons. The average molecular weight is 327 g/mol. The Morgan fingerprint density at radius 2 is 1.81 bits per heavy atom. The standard InChI is InChI=1S/C15H20I/c1-3-5-7-13-16-15-11-9-14(10-12-15)8-6-4-2/h9-12H,3-6,8H2,1-2H3/q+1. The summed E-state index contributed by atoms with van der Waals surface area (Å²) in [6, 6.07) is 9.07. The fraction of sp³-hybridized carbons (Fsp3) is 0.467. The molecule has 0 spiro atoms. The third kappa shape index (κ3) is 5.55. The lowest BCUT2D eigenvalue weighted by molar-refractivity contribution is -0.535. The van der Waals surface area contributed by atoms with E-state index in [1.807, 2.05) is 0 Å². The molecule has 1 heteroatoms. The third-order valence-electron chi connectivity index (χ3n) is 2.33. The second-order valence-corrected chi connectivity index (χ2v) is 6.17. The van der Waals surface area contributed by atoms with E-state index < -0.39 is 0 Å². The highest BCUT2D eigenvalue weighted by Gasteiger charge is 2.07. The van der Waals surface area contributed by atoms with E-state index in [0.29, 0.717) is 0 Å². The van der Waals surface area contributed by atoms with Crippen molar-refractivity contribution >= 4 is 0 Å². The number of aryl methyl sites for hydroxylation is 1. The predicted octanol–water partition coefficient (Wildman–Crippen LogP) is 1.05. The van der Waals surface area contributed by atoms with E-state index in [0.717, 1.165) is 6.42 Å². The molecule has 0 bridgehead atoms. The zero-order valence-electron chi connectivity index (χ0n) is 10.2. The van der Waals surface area contributed by atoms with Crippen LogP contribution in [0.25, 0.3) is 0 Å². The van der Waals surface area contributed by atoms with Crippen LogP contribution in [-0.2, 0) is 6.42 Å². The molecule has 0 radical (unpaired) electrons. The minimum atomic E-state index is -0.0732. The van der Waals surface area contributed by atoms with Gasteiger partial charge in [-0.05, 0) is 42.9 Å². The fourth-order valence-corrected chi connectivity index (χ4v) is 2.85. The van der Waals surface area contributed by atoms with Crippen molar-refractivity contribution in [3.05, 3.63) is 33.4 Å². The summed E-state index contributed by atoms with van der Waals surface area (Å²) < 4.78 is 4.77. The van der Waals surface area contributed by atoms with Gasteiger partial charge >= 0.3 is 21.2 Å². The molecular weight excluding hydrogens is 307 g/mol. The highest BCUT2D eigenvalue weighted by molar-refractivity contribution is 5.14. The van der Waals surface area contributed by atoms with Crippen molar-refractivity contribution < 1.29 is 21.2 Å². The molecule has 1 aromatic carbocycles. The lowest BCUT2D eigenvalue weighted by Gasteiger charge is -1.96. The third-order valence-corrected chi connectivity index (χ3v) is 4.32. The zero-order chi connectivity index (χ0) is 11.6. The average Bonchev–Trinajstić information content (AvgIpc) is 2.33. The minimum Gasteiger partial charge on any atom is -0.0654 e. The molecule has 0 aliphatic heterocycles. The Bertz CT molecular complexity index is 340. The lowest BCUT2D eigenvalue weighted by Crippen LogP contribution is -3.59. The van der Waals surface area contributed by atoms with E-state index in [9.17, 15) is 0 Å². The first-order chi connectivity index (χ1) is 7.86. The van der Waals surface area contributed by atoms with Crippen LogP contribution in [0.4, 0.5) is 0 Å². The summed E-state index contributed by atoms with van der Waals surface area (Å²) in [5.41, 5.74) is 1.47. The normalized spacial score (nSPS) is 9.62. The molecule has 0 aromatic heterocycles. The molecule has 0 aliphatic rings. The smallest absolute Gasteiger partial charge is 0.0654 e. The molecule has 0 amide bonds. The summed E-state index contributed by atoms with van der Waals surface area (Å²) in [6.45, 7) is 4.42. The van der Waals surface area contributed by atoms with Crippen LogP contribution in [0.1, 0.15) is 45.1 Å². The Morgan fingerprint density at radius 3 is 2.44 bits per heavy atom. The van der Waals surface area contributed by atoms with Crippen molar-refractivity contribution in [2.45, 2.75) is 46.0 Å². The van der Waals surface area contributed by atoms with Gasteiger partial charge in [0.1, 0.15) is 0 Å². The Hall–Kier alpha value is -0.490. The molecule has 0 unspecified atom stereocenters. The Morgan fingerprint density at radius 1 is 1.06 bits per heavy atom. The summed E-state index contributed by atoms with van der Waals surface area (Å²) in [5.74, 6) is 3.23. The van der Waals surface area contributed by atoms with Gasteiger partial charge in [-0.1, -0.05) is 32.4 Å². The van der Waals surface area contributed by atoms with Gasteiger partial charge in [-0.2, -0.15) is 0 Å². The molecule has 1 aromatic rings. The second-order valence-electron chi connectivity index (χ2n) is 3.85. The van der Waals surface area contributed by atoms with Crippen molar-refractivity contribution in [3.8, 4) is 9.85 Å². The number of unbranched alkanes of at least 4 members (excludes halogenated alkanes) is 2. The van der Waals surface area contributed by atoms with Crippen LogP contribution < -0.4 is 21.2 Å². The van der Waals surface area contributed by atoms with Gasteiger partial charge in [-0.15, -0.1) is 0 Å². The number of benzene rings is 1. The molecule has 0 heterocycles. The van der Waals surface area contributed by atoms with E-state index in [1.54, 1.807) is 0 Å². The molecule has 0 saturated heterocycles. The van der Waals surface area contributed by atoms with E-state index in [-0.39, 0.29) is 21.2 Å². The molecule has 0 atom stereocenters. The zero-order valence-corrected chi connectivity index (χ0v) is 12.4. The van der Waals surface area contributed by atoms with E-state index in [1.165, 1.54) is 34.8 Å². The van der Waals surface area contributed by atoms with Gasteiger partial charge in [0.05, 0.1) is 0 Å². The topological polar surface area (TPSA) is 0 Å². The molecule has 0 fully saturated rings. The summed E-state index contributed by atoms with van der Waals surface area (Å²) >= 11 is -0.0732. The molecule has 0 N–H and O–H groups in total. The van der Waals surface area contributed by atoms with Crippen molar-refractivity contribution in [2.75, 3.05) is 0 Å². The summed E-state index contributed by atoms with van der Waals surface area (Å²) in [5, 5.41) is 0. The van der Waals surface area contributed by atoms with E-state index in [2.05, 4.69) is 48.0 Å². The van der Waals surface area contributed by atoms with Crippen LogP contribution >= 0.6 is 0 Å². The van der Waals surface area contributed by atoms with Gasteiger partial charge in [0.2, 0.25) is 3.57 Å². The van der Waals surface area contributed by atoms with Gasteiger partial charge in [-0.3, -0.25) is 0 Å². The van der Waals surface area contributed by atoms with Crippen molar-refractivity contribution in [2.24, 2.45) is 0 Å². The lowest BCUT2D eigenvalue weighted by atomic mass is 10.1. The molecule has 0 aliphatic carbocycles. The van der Waals surface area contributed by atoms with Crippen molar-refractivity contribution in [1.29, 1.82) is 0 Å². The SMILES string of the molecule is CCCC#C[I+]c1ccc(CCCC)cc1. The van der Waals surface area contributed by atoms with Crippen molar-refractivity contribution in [1.82, 2.24) is 0 Å². The van der Waals surface area contributed by atoms with Crippen LogP contribution in [0.2, 0.25) is 0 Å². The van der Waals surface area contributed by atoms with Crippen LogP contribution in [-0.4, -0.2) is 0 Å². The second kappa shape index (κ2) is 8.64. The van der Waals surface area contributed by atoms with Crippen LogP contribution in [0.3, 0.4) is 0 Å². The van der Waals surface area contributed by atoms with E-state index in [4.69, 9.17) is 0 Å². The summed E-state index contributed by atoms with van der Waals surface area (Å²) in [4.78, 5) is 0. The maximum atomic E-state index is 3.33. The first-order valence-electron chi connectivity index (χ1n) is 6.07. The first kappa shape index (κ1) is 13.6. The largest absolute Gasteiger partial charge is 0.419 e. The Kier molecular flexibility index (Phi) is 7.33. The summed E-state index contributed by atoms with van der Waals surface area (Å²) in [6.07, 6.45) is 6.01. The fourth-order valence-electron chi connectivity index (χ4n) is 1.36. The highest BCUT2D eigenvalue weighted by Crippen LogP contribution is 2.03. The maximum absolute atomic E-state index is 3.33. The van der Waals surface area contributed by atoms with Gasteiger partial charge in [0.15, 0.2) is 3.93 Å². The number of rotatable bonds is 5. The Labute approximate surface area is 110 Å². The molecular formula is C15H20I+. The monoisotopic (exact) mass is 327 g/mol. The number of hydrogen-bond acceptors (Lipinski definition) is 0. The quantitative estimate of drug-likeness (QED) is 0.560. The van der Waals surface area contributed by atoms with Crippen molar-refractivity contribution in [3.63, 3.8) is 0 Å². The molecule has 0 saturated carbocycles. The van der Waals surface area contributed by atoms with Crippen LogP contribution in [0.15, 0.2) is 24.3 Å². The van der Waals surface area contributed by atoms with Gasteiger partial charge < -0.3 is 0 Å². The van der Waals surface area contributed by atoms with Gasteiger partial charge in [-0.25, -0.2) is 0 Å². The molecule has 16 heavy (non-hydrogen) atoms. The number of hydrogen-bond donors (Lipinski definition) is 0. The van der Waals surface area contributed by atoms with Crippen LogP contribution in [0, 0.1) is 13.4 Å². The van der Waals surface area contributed by atoms with E-state index >= 15 is 0 Å². The molecule has 0 nitrogen and oxygen atoms in total. The highest BCUT2D eigenvalue weighted by atomic mass is 127. The Balaban J connectivity index is 2.42. The predicted molar refractivity (Wildman–Crippen MR) is 66.4 cm³/mol. The van der Waals surface area contributed by atoms with Crippen LogP contribution in [0.5, 0.6) is 0 Å². The van der Waals surface area contributed by atoms with Gasteiger partial charge in [0, 0.05) is 6.42 Å². The minimum absolute atomic E-state index is 0.0732. The number of halogens is 1. The maximum Gasteiger partial charge on any atom is 0.419 e.